The van der Waals surface area contributed by atoms with Gasteiger partial charge >= 0.3 is 6.18 Å². The predicted octanol–water partition coefficient (Wildman–Crippen LogP) is 3.21. The molecule has 0 aliphatic heterocycles. The molecule has 0 saturated heterocycles. The standard InChI is InChI=1S/C20H23F3N8O/c21-20(22,23)17-15(10-31(29-17)11-5-6-11)27-19(32)12-9-25-30-8-7-16(28-18(12)30)26-14-4-2-1-3-13(14)24/h7-11,13-14H,1-6,24H2,(H,26,28)(H,27,32)/t13-,14+/m0/s1. The largest absolute Gasteiger partial charge is 0.437 e. The lowest BCUT2D eigenvalue weighted by molar-refractivity contribution is -0.140. The fraction of sp³-hybridized carbons (Fsp3) is 0.500. The molecule has 5 rings (SSSR count). The molecule has 1 amide bonds. The van der Waals surface area contributed by atoms with E-state index in [9.17, 15) is 18.0 Å². The van der Waals surface area contributed by atoms with Gasteiger partial charge in [0.15, 0.2) is 11.3 Å². The van der Waals surface area contributed by atoms with Crippen LogP contribution in [-0.4, -0.2) is 42.4 Å². The zero-order valence-corrected chi connectivity index (χ0v) is 17.1. The Labute approximate surface area is 181 Å². The molecule has 0 bridgehead atoms. The summed E-state index contributed by atoms with van der Waals surface area (Å²) in [5.41, 5.74) is 5.00. The molecule has 3 heterocycles. The number of nitrogens with zero attached hydrogens (tertiary/aromatic N) is 5. The molecule has 0 unspecified atom stereocenters. The molecule has 32 heavy (non-hydrogen) atoms. The summed E-state index contributed by atoms with van der Waals surface area (Å²) < 4.78 is 42.9. The molecule has 2 saturated carbocycles. The van der Waals surface area contributed by atoms with Crippen LogP contribution in [0.1, 0.15) is 60.6 Å². The van der Waals surface area contributed by atoms with Gasteiger partial charge in [-0.1, -0.05) is 12.8 Å². The normalized spacial score (nSPS) is 21.6. The van der Waals surface area contributed by atoms with E-state index in [0.29, 0.717) is 5.82 Å². The predicted molar refractivity (Wildman–Crippen MR) is 110 cm³/mol. The highest BCUT2D eigenvalue weighted by Gasteiger charge is 2.39. The van der Waals surface area contributed by atoms with E-state index in [1.807, 2.05) is 0 Å². The summed E-state index contributed by atoms with van der Waals surface area (Å²) in [6.07, 6.45) is 5.03. The van der Waals surface area contributed by atoms with Crippen molar-refractivity contribution in [2.24, 2.45) is 5.73 Å². The van der Waals surface area contributed by atoms with Crippen molar-refractivity contribution in [2.45, 2.75) is 62.8 Å². The van der Waals surface area contributed by atoms with Crippen LogP contribution in [0.5, 0.6) is 0 Å². The number of hydrogen-bond donors (Lipinski definition) is 3. The van der Waals surface area contributed by atoms with E-state index in [1.165, 1.54) is 21.6 Å². The summed E-state index contributed by atoms with van der Waals surface area (Å²) in [5.74, 6) is -0.202. The summed E-state index contributed by atoms with van der Waals surface area (Å²) >= 11 is 0. The van der Waals surface area contributed by atoms with Crippen LogP contribution in [0, 0.1) is 0 Å². The summed E-state index contributed by atoms with van der Waals surface area (Å²) in [4.78, 5) is 17.3. The van der Waals surface area contributed by atoms with E-state index in [-0.39, 0.29) is 35.0 Å². The second-order valence-corrected chi connectivity index (χ2v) is 8.39. The van der Waals surface area contributed by atoms with Gasteiger partial charge in [-0.25, -0.2) is 9.50 Å². The first-order valence-corrected chi connectivity index (χ1v) is 10.6. The van der Waals surface area contributed by atoms with Crippen molar-refractivity contribution >= 4 is 23.1 Å². The number of carbonyl (C=O) groups is 1. The summed E-state index contributed by atoms with van der Waals surface area (Å²) in [5, 5.41) is 13.4. The second-order valence-electron chi connectivity index (χ2n) is 8.39. The summed E-state index contributed by atoms with van der Waals surface area (Å²) in [6.45, 7) is 0. The van der Waals surface area contributed by atoms with Crippen molar-refractivity contribution in [1.82, 2.24) is 24.4 Å². The van der Waals surface area contributed by atoms with E-state index >= 15 is 0 Å². The maximum atomic E-state index is 13.4. The van der Waals surface area contributed by atoms with Crippen LogP contribution in [0.4, 0.5) is 24.7 Å². The van der Waals surface area contributed by atoms with Gasteiger partial charge in [0.05, 0.1) is 17.9 Å². The molecule has 2 aliphatic rings. The average Bonchev–Trinajstić information content (AvgIpc) is 3.36. The minimum atomic E-state index is -4.68. The third kappa shape index (κ3) is 4.01. The number of anilines is 2. The molecule has 0 aromatic carbocycles. The van der Waals surface area contributed by atoms with Crippen LogP contribution in [0.15, 0.2) is 24.7 Å². The number of alkyl halides is 3. The molecule has 3 aromatic heterocycles. The van der Waals surface area contributed by atoms with Crippen molar-refractivity contribution < 1.29 is 18.0 Å². The summed E-state index contributed by atoms with van der Waals surface area (Å²) in [6, 6.07) is 1.75. The van der Waals surface area contributed by atoms with Crippen molar-refractivity contribution in [2.75, 3.05) is 10.6 Å². The van der Waals surface area contributed by atoms with Crippen molar-refractivity contribution in [3.63, 3.8) is 0 Å². The van der Waals surface area contributed by atoms with E-state index in [2.05, 4.69) is 25.8 Å². The Morgan fingerprint density at radius 1 is 1.19 bits per heavy atom. The molecular formula is C20H23F3N8O. The number of fused-ring (bicyclic) bond motifs is 1. The van der Waals surface area contributed by atoms with Gasteiger partial charge in [-0.3, -0.25) is 9.48 Å². The smallest absolute Gasteiger partial charge is 0.366 e. The van der Waals surface area contributed by atoms with Gasteiger partial charge in [0.25, 0.3) is 5.91 Å². The number of nitrogens with two attached hydrogens (primary N) is 1. The quantitative estimate of drug-likeness (QED) is 0.552. The third-order valence-electron chi connectivity index (χ3n) is 5.94. The Balaban J connectivity index is 1.40. The molecule has 3 aromatic rings. The number of aromatic nitrogens is 5. The molecular weight excluding hydrogens is 425 g/mol. The van der Waals surface area contributed by atoms with E-state index in [0.717, 1.165) is 38.5 Å². The summed E-state index contributed by atoms with van der Waals surface area (Å²) in [7, 11) is 0. The maximum Gasteiger partial charge on any atom is 0.437 e. The van der Waals surface area contributed by atoms with Gasteiger partial charge in [0.1, 0.15) is 11.4 Å². The number of amides is 1. The molecule has 9 nitrogen and oxygen atoms in total. The maximum absolute atomic E-state index is 13.4. The van der Waals surface area contributed by atoms with Crippen molar-refractivity contribution in [3.8, 4) is 0 Å². The molecule has 0 radical (unpaired) electrons. The first kappa shape index (κ1) is 20.7. The van der Waals surface area contributed by atoms with Gasteiger partial charge in [-0.05, 0) is 31.7 Å². The molecule has 12 heteroatoms. The highest BCUT2D eigenvalue weighted by molar-refractivity contribution is 6.08. The van der Waals surface area contributed by atoms with E-state index in [4.69, 9.17) is 5.73 Å². The van der Waals surface area contributed by atoms with Gasteiger partial charge < -0.3 is 16.4 Å². The topological polar surface area (TPSA) is 115 Å². The highest BCUT2D eigenvalue weighted by Crippen LogP contribution is 2.39. The van der Waals surface area contributed by atoms with Gasteiger partial charge in [0.2, 0.25) is 0 Å². The molecule has 170 valence electrons. The Bertz CT molecular complexity index is 1150. The van der Waals surface area contributed by atoms with Gasteiger partial charge in [-0.15, -0.1) is 0 Å². The number of nitrogens with one attached hydrogen (secondary N) is 2. The minimum absolute atomic E-state index is 0.0123. The van der Waals surface area contributed by atoms with Crippen LogP contribution < -0.4 is 16.4 Å². The minimum Gasteiger partial charge on any atom is -0.366 e. The van der Waals surface area contributed by atoms with Crippen LogP contribution in [0.3, 0.4) is 0 Å². The average molecular weight is 448 g/mol. The number of hydrogen-bond acceptors (Lipinski definition) is 6. The molecule has 2 aliphatic carbocycles. The molecule has 0 spiro atoms. The molecule has 2 fully saturated rings. The Morgan fingerprint density at radius 3 is 2.69 bits per heavy atom. The van der Waals surface area contributed by atoms with Crippen molar-refractivity contribution in [1.29, 1.82) is 0 Å². The van der Waals surface area contributed by atoms with Crippen LogP contribution in [-0.2, 0) is 6.18 Å². The lowest BCUT2D eigenvalue weighted by Gasteiger charge is -2.29. The number of halogens is 3. The zero-order chi connectivity index (χ0) is 22.5. The van der Waals surface area contributed by atoms with Crippen LogP contribution >= 0.6 is 0 Å². The molecule has 4 N–H and O–H groups in total. The second kappa shape index (κ2) is 7.76. The number of carbonyl (C=O) groups excluding carboxylic acids is 1. The van der Waals surface area contributed by atoms with Gasteiger partial charge in [0, 0.05) is 24.5 Å². The third-order valence-corrected chi connectivity index (χ3v) is 5.94. The Hall–Kier alpha value is -3.15. The first-order valence-electron chi connectivity index (χ1n) is 10.6. The lowest BCUT2D eigenvalue weighted by atomic mass is 9.91. The first-order chi connectivity index (χ1) is 15.3. The highest BCUT2D eigenvalue weighted by atomic mass is 19.4. The number of rotatable bonds is 5. The van der Waals surface area contributed by atoms with Gasteiger partial charge in [-0.2, -0.15) is 23.4 Å². The fourth-order valence-corrected chi connectivity index (χ4v) is 4.05. The Kier molecular flexibility index (Phi) is 5.03. The fourth-order valence-electron chi connectivity index (χ4n) is 4.05. The monoisotopic (exact) mass is 448 g/mol. The Morgan fingerprint density at radius 2 is 1.97 bits per heavy atom. The lowest BCUT2D eigenvalue weighted by Crippen LogP contribution is -2.42. The van der Waals surface area contributed by atoms with Crippen LogP contribution in [0.25, 0.3) is 5.65 Å². The zero-order valence-electron chi connectivity index (χ0n) is 17.1. The molecule has 2 atom stereocenters. The van der Waals surface area contributed by atoms with Crippen LogP contribution in [0.2, 0.25) is 0 Å². The van der Waals surface area contributed by atoms with E-state index in [1.54, 1.807) is 12.3 Å². The SMILES string of the molecule is N[C@H]1CCCC[C@H]1Nc1ccn2ncc(C(=O)Nc3cn(C4CC4)nc3C(F)(F)F)c2n1. The van der Waals surface area contributed by atoms with Crippen molar-refractivity contribution in [3.05, 3.63) is 35.9 Å². The van der Waals surface area contributed by atoms with E-state index < -0.39 is 17.8 Å².